The molecule has 0 saturated heterocycles. The predicted octanol–water partition coefficient (Wildman–Crippen LogP) is 16.2. The van der Waals surface area contributed by atoms with Crippen LogP contribution in [0.2, 0.25) is 0 Å². The molecular formula is C58H54N2. The van der Waals surface area contributed by atoms with Gasteiger partial charge in [0.1, 0.15) is 0 Å². The number of aryl methyl sites for hydroxylation is 4. The van der Waals surface area contributed by atoms with Crippen LogP contribution >= 0.6 is 0 Å². The number of hydrogen-bond acceptors (Lipinski definition) is 2. The summed E-state index contributed by atoms with van der Waals surface area (Å²) >= 11 is 0. The summed E-state index contributed by atoms with van der Waals surface area (Å²) in [6, 6.07) is 69.8. The van der Waals surface area contributed by atoms with Crippen molar-refractivity contribution in [1.82, 2.24) is 0 Å². The molecule has 1 atom stereocenters. The fourth-order valence-electron chi connectivity index (χ4n) is 9.41. The largest absolute Gasteiger partial charge is 0.311 e. The molecule has 8 aromatic carbocycles. The van der Waals surface area contributed by atoms with Gasteiger partial charge in [0.15, 0.2) is 0 Å². The van der Waals surface area contributed by atoms with Crippen molar-refractivity contribution in [2.75, 3.05) is 9.80 Å². The second kappa shape index (κ2) is 15.5. The third kappa shape index (κ3) is 7.44. The Morgan fingerprint density at radius 1 is 0.317 bits per heavy atom. The Kier molecular flexibility index (Phi) is 10.0. The summed E-state index contributed by atoms with van der Waals surface area (Å²) in [6.45, 7) is 15.8. The fourth-order valence-corrected chi connectivity index (χ4v) is 9.41. The molecule has 0 fully saturated rings. The van der Waals surface area contributed by atoms with Crippen LogP contribution in [-0.2, 0) is 10.8 Å². The monoisotopic (exact) mass is 778 g/mol. The van der Waals surface area contributed by atoms with E-state index >= 15 is 0 Å². The Morgan fingerprint density at radius 2 is 0.600 bits per heavy atom. The quantitative estimate of drug-likeness (QED) is 0.144. The number of fused-ring (bicyclic) bond motifs is 1. The van der Waals surface area contributed by atoms with Crippen LogP contribution in [0, 0.1) is 27.7 Å². The fraction of sp³-hybridized carbons (Fsp3) is 0.172. The summed E-state index contributed by atoms with van der Waals surface area (Å²) in [4.78, 5) is 4.68. The van der Waals surface area contributed by atoms with Gasteiger partial charge in [-0.2, -0.15) is 0 Å². The van der Waals surface area contributed by atoms with Crippen LogP contribution in [0.5, 0.6) is 0 Å². The highest BCUT2D eigenvalue weighted by Gasteiger charge is 2.45. The van der Waals surface area contributed by atoms with E-state index in [1.165, 1.54) is 61.2 Å². The zero-order chi connectivity index (χ0) is 41.6. The maximum Gasteiger partial charge on any atom is 0.0462 e. The molecule has 0 bridgehead atoms. The van der Waals surface area contributed by atoms with E-state index in [0.717, 1.165) is 40.5 Å². The lowest BCUT2D eigenvalue weighted by molar-refractivity contribution is 0.425. The maximum absolute atomic E-state index is 2.47. The van der Waals surface area contributed by atoms with Crippen LogP contribution in [0.15, 0.2) is 188 Å². The van der Waals surface area contributed by atoms with Crippen molar-refractivity contribution >= 4 is 34.1 Å². The van der Waals surface area contributed by atoms with Crippen molar-refractivity contribution in [3.05, 3.63) is 227 Å². The second-order valence-corrected chi connectivity index (χ2v) is 17.8. The normalized spacial score (nSPS) is 15.4. The van der Waals surface area contributed by atoms with Gasteiger partial charge in [0.2, 0.25) is 0 Å². The van der Waals surface area contributed by atoms with Crippen LogP contribution in [-0.4, -0.2) is 0 Å². The maximum atomic E-state index is 2.47. The zero-order valence-electron chi connectivity index (χ0n) is 36.0. The van der Waals surface area contributed by atoms with Gasteiger partial charge in [0.05, 0.1) is 0 Å². The lowest BCUT2D eigenvalue weighted by Crippen LogP contribution is -2.23. The second-order valence-electron chi connectivity index (χ2n) is 17.8. The van der Waals surface area contributed by atoms with E-state index in [1.807, 2.05) is 0 Å². The number of hydrogen-bond donors (Lipinski definition) is 0. The molecule has 296 valence electrons. The van der Waals surface area contributed by atoms with Gasteiger partial charge in [-0.3, -0.25) is 0 Å². The molecule has 0 radical (unpaired) electrons. The highest BCUT2D eigenvalue weighted by Crippen LogP contribution is 2.54. The van der Waals surface area contributed by atoms with E-state index in [1.54, 1.807) is 0 Å². The summed E-state index contributed by atoms with van der Waals surface area (Å²) in [5.41, 5.74) is 21.0. The topological polar surface area (TPSA) is 6.48 Å². The zero-order valence-corrected chi connectivity index (χ0v) is 36.0. The first-order valence-corrected chi connectivity index (χ1v) is 21.3. The van der Waals surface area contributed by atoms with Crippen molar-refractivity contribution in [3.63, 3.8) is 0 Å². The summed E-state index contributed by atoms with van der Waals surface area (Å²) in [5, 5.41) is 0. The number of benzene rings is 8. The minimum atomic E-state index is -0.118. The van der Waals surface area contributed by atoms with Crippen molar-refractivity contribution in [2.24, 2.45) is 0 Å². The Hall–Kier alpha value is -6.64. The van der Waals surface area contributed by atoms with E-state index < -0.39 is 0 Å². The van der Waals surface area contributed by atoms with E-state index in [-0.39, 0.29) is 10.8 Å². The van der Waals surface area contributed by atoms with Crippen LogP contribution in [0.4, 0.5) is 34.1 Å². The highest BCUT2D eigenvalue weighted by molar-refractivity contribution is 5.80. The third-order valence-corrected chi connectivity index (χ3v) is 12.7. The summed E-state index contributed by atoms with van der Waals surface area (Å²) in [7, 11) is 0. The molecule has 9 rings (SSSR count). The number of rotatable bonds is 9. The van der Waals surface area contributed by atoms with Gasteiger partial charge < -0.3 is 9.80 Å². The minimum Gasteiger partial charge on any atom is -0.311 e. The molecule has 8 aromatic rings. The summed E-state index contributed by atoms with van der Waals surface area (Å²) in [5.74, 6) is 0. The van der Waals surface area contributed by atoms with Crippen molar-refractivity contribution in [1.29, 1.82) is 0 Å². The van der Waals surface area contributed by atoms with Crippen molar-refractivity contribution in [2.45, 2.75) is 65.7 Å². The lowest BCUT2D eigenvalue weighted by Gasteiger charge is -2.29. The first-order valence-electron chi connectivity index (χ1n) is 21.3. The average molecular weight is 779 g/mol. The molecule has 0 spiro atoms. The third-order valence-electron chi connectivity index (χ3n) is 12.7. The molecule has 0 aromatic heterocycles. The van der Waals surface area contributed by atoms with E-state index in [2.05, 4.69) is 246 Å². The number of anilines is 6. The van der Waals surface area contributed by atoms with Gasteiger partial charge in [0.25, 0.3) is 0 Å². The van der Waals surface area contributed by atoms with E-state index in [9.17, 15) is 0 Å². The lowest BCUT2D eigenvalue weighted by atomic mass is 9.74. The molecule has 2 nitrogen and oxygen atoms in total. The van der Waals surface area contributed by atoms with Crippen molar-refractivity contribution in [3.8, 4) is 22.3 Å². The Balaban J connectivity index is 0.997. The van der Waals surface area contributed by atoms with E-state index in [4.69, 9.17) is 0 Å². The summed E-state index contributed by atoms with van der Waals surface area (Å²) in [6.07, 6.45) is 1.06. The van der Waals surface area contributed by atoms with Gasteiger partial charge in [-0.05, 0) is 157 Å². The molecule has 0 saturated carbocycles. The van der Waals surface area contributed by atoms with Crippen LogP contribution < -0.4 is 9.80 Å². The SMILES string of the molecule is Cc1ccc(N(c2ccc(C)cc2)c2ccc(-c3ccc(C4(C)CC(C)(C)c5ccc(-c6ccc(N(c7ccc(C)cc7)c7ccc(C)cc7)cc6)cc54)cc3)cc2)cc1. The molecular weight excluding hydrogens is 725 g/mol. The van der Waals surface area contributed by atoms with Gasteiger partial charge in [0, 0.05) is 39.5 Å². The van der Waals surface area contributed by atoms with Crippen LogP contribution in [0.1, 0.15) is 66.1 Å². The predicted molar refractivity (Wildman–Crippen MR) is 256 cm³/mol. The molecule has 0 amide bonds. The molecule has 1 aliphatic rings. The van der Waals surface area contributed by atoms with Gasteiger partial charge in [-0.15, -0.1) is 0 Å². The Bertz CT molecular complexity index is 2650. The standard InChI is InChI=1S/C58H54N2/c1-40-8-25-49(26-9-40)59(50-27-10-41(2)11-28-50)53-33-18-45(19-34-53)44-16-23-48(24-17-44)58(7)39-57(5,6)55-37-22-47(38-56(55)58)46-20-35-54(36-21-46)60(51-29-12-42(3)13-30-51)52-31-14-43(4)15-32-52/h8-38H,39H2,1-7H3. The van der Waals surface area contributed by atoms with Crippen LogP contribution in [0.3, 0.4) is 0 Å². The summed E-state index contributed by atoms with van der Waals surface area (Å²) < 4.78 is 0. The first kappa shape index (κ1) is 38.9. The first-order chi connectivity index (χ1) is 28.9. The molecule has 0 heterocycles. The molecule has 0 N–H and O–H groups in total. The minimum absolute atomic E-state index is 0.0598. The van der Waals surface area contributed by atoms with Gasteiger partial charge >= 0.3 is 0 Å². The molecule has 60 heavy (non-hydrogen) atoms. The smallest absolute Gasteiger partial charge is 0.0462 e. The van der Waals surface area contributed by atoms with Crippen LogP contribution in [0.25, 0.3) is 22.3 Å². The molecule has 0 aliphatic heterocycles. The van der Waals surface area contributed by atoms with Crippen molar-refractivity contribution < 1.29 is 0 Å². The average Bonchev–Trinajstić information content (AvgIpc) is 3.48. The number of nitrogens with zero attached hydrogens (tertiary/aromatic N) is 2. The van der Waals surface area contributed by atoms with Gasteiger partial charge in [-0.1, -0.05) is 152 Å². The Morgan fingerprint density at radius 3 is 0.950 bits per heavy atom. The highest BCUT2D eigenvalue weighted by atomic mass is 15.1. The Labute approximate surface area is 357 Å². The molecule has 1 unspecified atom stereocenters. The molecule has 1 aliphatic carbocycles. The van der Waals surface area contributed by atoms with E-state index in [0.29, 0.717) is 0 Å². The molecule has 2 heteroatoms. The van der Waals surface area contributed by atoms with Gasteiger partial charge in [-0.25, -0.2) is 0 Å².